The van der Waals surface area contributed by atoms with E-state index in [0.717, 1.165) is 25.2 Å². The van der Waals surface area contributed by atoms with Crippen molar-refractivity contribution in [1.29, 1.82) is 0 Å². The number of hydrogen-bond acceptors (Lipinski definition) is 2. The van der Waals surface area contributed by atoms with Crippen LogP contribution >= 0.6 is 0 Å². The number of aliphatic hydroxyl groups excluding tert-OH is 2. The van der Waals surface area contributed by atoms with Crippen molar-refractivity contribution in [3.63, 3.8) is 0 Å². The Morgan fingerprint density at radius 1 is 1.20 bits per heavy atom. The summed E-state index contributed by atoms with van der Waals surface area (Å²) in [6.07, 6.45) is 3.20. The third-order valence-corrected chi connectivity index (χ3v) is 3.15. The molecular weight excluding hydrogens is 128 g/mol. The largest absolute Gasteiger partial charge is 0.396 e. The van der Waals surface area contributed by atoms with E-state index in [4.69, 9.17) is 5.11 Å². The third-order valence-electron chi connectivity index (χ3n) is 3.15. The molecule has 2 fully saturated rings. The normalized spacial score (nSPS) is 52.2. The molecule has 0 amide bonds. The van der Waals surface area contributed by atoms with Crippen molar-refractivity contribution < 1.29 is 10.2 Å². The van der Waals surface area contributed by atoms with Crippen LogP contribution in [0.3, 0.4) is 0 Å². The predicted molar refractivity (Wildman–Crippen MR) is 37.4 cm³/mol. The fourth-order valence-electron chi connectivity index (χ4n) is 2.67. The lowest BCUT2D eigenvalue weighted by Gasteiger charge is -2.23. The number of hydrogen-bond donors (Lipinski definition) is 2. The lowest BCUT2D eigenvalue weighted by atomic mass is 9.87. The minimum Gasteiger partial charge on any atom is -0.396 e. The zero-order valence-corrected chi connectivity index (χ0v) is 6.03. The van der Waals surface area contributed by atoms with Crippen molar-refractivity contribution in [2.45, 2.75) is 25.4 Å². The molecule has 2 aliphatic rings. The summed E-state index contributed by atoms with van der Waals surface area (Å²) in [6, 6.07) is 0. The predicted octanol–water partition coefficient (Wildman–Crippen LogP) is 0.386. The van der Waals surface area contributed by atoms with Crippen LogP contribution < -0.4 is 0 Å². The molecule has 0 aromatic carbocycles. The summed E-state index contributed by atoms with van der Waals surface area (Å²) < 4.78 is 0. The van der Waals surface area contributed by atoms with E-state index in [0.29, 0.717) is 11.8 Å². The number of fused-ring (bicyclic) bond motifs is 2. The van der Waals surface area contributed by atoms with E-state index in [1.54, 1.807) is 0 Å². The Balaban J connectivity index is 2.06. The number of aliphatic hydroxyl groups is 2. The standard InChI is InChI=1S/C8H14O2/c9-4-6-1-5-2-7(6)8(10)3-5/h5-10H,1-4H2/t5-,6-,7+,8+/m0/s1. The SMILES string of the molecule is OC[C@@H]1C[C@H]2C[C@H]1[C@H](O)C2. The van der Waals surface area contributed by atoms with Crippen LogP contribution in [0, 0.1) is 17.8 Å². The van der Waals surface area contributed by atoms with Gasteiger partial charge in [-0.1, -0.05) is 0 Å². The molecule has 0 radical (unpaired) electrons. The zero-order chi connectivity index (χ0) is 7.14. The average Bonchev–Trinajstić information content (AvgIpc) is 2.44. The van der Waals surface area contributed by atoms with Crippen LogP contribution in [0.2, 0.25) is 0 Å². The topological polar surface area (TPSA) is 40.5 Å². The highest BCUT2D eigenvalue weighted by molar-refractivity contribution is 4.94. The quantitative estimate of drug-likeness (QED) is 0.556. The van der Waals surface area contributed by atoms with Crippen LogP contribution in [-0.2, 0) is 0 Å². The third kappa shape index (κ3) is 0.789. The first-order valence-electron chi connectivity index (χ1n) is 4.10. The summed E-state index contributed by atoms with van der Waals surface area (Å²) in [7, 11) is 0. The van der Waals surface area contributed by atoms with Crippen molar-refractivity contribution in [3.8, 4) is 0 Å². The maximum absolute atomic E-state index is 9.41. The molecule has 0 aliphatic heterocycles. The molecule has 2 bridgehead atoms. The highest BCUT2D eigenvalue weighted by atomic mass is 16.3. The molecule has 2 nitrogen and oxygen atoms in total. The zero-order valence-electron chi connectivity index (χ0n) is 6.03. The van der Waals surface area contributed by atoms with Crippen LogP contribution in [0.4, 0.5) is 0 Å². The molecule has 0 aromatic rings. The van der Waals surface area contributed by atoms with E-state index in [9.17, 15) is 5.11 Å². The lowest BCUT2D eigenvalue weighted by molar-refractivity contribution is 0.0560. The van der Waals surface area contributed by atoms with Crippen molar-refractivity contribution >= 4 is 0 Å². The molecule has 2 rings (SSSR count). The molecule has 0 aromatic heterocycles. The first-order valence-corrected chi connectivity index (χ1v) is 4.10. The second kappa shape index (κ2) is 2.21. The fraction of sp³-hybridized carbons (Fsp3) is 1.00. The minimum atomic E-state index is -0.101. The molecule has 0 heterocycles. The van der Waals surface area contributed by atoms with Gasteiger partial charge in [0.05, 0.1) is 6.10 Å². The van der Waals surface area contributed by atoms with Gasteiger partial charge in [-0.2, -0.15) is 0 Å². The van der Waals surface area contributed by atoms with Crippen molar-refractivity contribution in [2.24, 2.45) is 17.8 Å². The van der Waals surface area contributed by atoms with Gasteiger partial charge in [0.15, 0.2) is 0 Å². The summed E-state index contributed by atoms with van der Waals surface area (Å²) in [5, 5.41) is 18.3. The highest BCUT2D eigenvalue weighted by Gasteiger charge is 2.44. The molecule has 0 unspecified atom stereocenters. The van der Waals surface area contributed by atoms with E-state index in [1.165, 1.54) is 0 Å². The van der Waals surface area contributed by atoms with Gasteiger partial charge in [0.1, 0.15) is 0 Å². The summed E-state index contributed by atoms with van der Waals surface area (Å²) in [4.78, 5) is 0. The summed E-state index contributed by atoms with van der Waals surface area (Å²) in [5.74, 6) is 1.56. The molecule has 0 spiro atoms. The van der Waals surface area contributed by atoms with Gasteiger partial charge >= 0.3 is 0 Å². The summed E-state index contributed by atoms with van der Waals surface area (Å²) in [5.41, 5.74) is 0. The highest BCUT2D eigenvalue weighted by Crippen LogP contribution is 2.47. The average molecular weight is 142 g/mol. The first kappa shape index (κ1) is 6.62. The maximum atomic E-state index is 9.41. The van der Waals surface area contributed by atoms with Crippen molar-refractivity contribution in [2.75, 3.05) is 6.61 Å². The van der Waals surface area contributed by atoms with Gasteiger partial charge < -0.3 is 10.2 Å². The molecule has 2 saturated carbocycles. The van der Waals surface area contributed by atoms with E-state index in [1.807, 2.05) is 0 Å². The Hall–Kier alpha value is -0.0800. The Bertz CT molecular complexity index is 133. The Morgan fingerprint density at radius 3 is 2.40 bits per heavy atom. The summed E-state index contributed by atoms with van der Waals surface area (Å²) >= 11 is 0. The van der Waals surface area contributed by atoms with E-state index >= 15 is 0 Å². The van der Waals surface area contributed by atoms with Gasteiger partial charge in [-0.3, -0.25) is 0 Å². The van der Waals surface area contributed by atoms with Gasteiger partial charge in [-0.25, -0.2) is 0 Å². The smallest absolute Gasteiger partial charge is 0.0574 e. The molecule has 0 saturated heterocycles. The molecule has 58 valence electrons. The van der Waals surface area contributed by atoms with Gasteiger partial charge in [0.2, 0.25) is 0 Å². The monoisotopic (exact) mass is 142 g/mol. The van der Waals surface area contributed by atoms with Gasteiger partial charge in [0.25, 0.3) is 0 Å². The van der Waals surface area contributed by atoms with Crippen molar-refractivity contribution in [3.05, 3.63) is 0 Å². The number of rotatable bonds is 1. The molecule has 2 aliphatic carbocycles. The molecule has 4 atom stereocenters. The fourth-order valence-corrected chi connectivity index (χ4v) is 2.67. The molecule has 2 heteroatoms. The molecule has 10 heavy (non-hydrogen) atoms. The van der Waals surface area contributed by atoms with Gasteiger partial charge in [0, 0.05) is 6.61 Å². The Morgan fingerprint density at radius 2 is 2.00 bits per heavy atom. The molecular formula is C8H14O2. The summed E-state index contributed by atoms with van der Waals surface area (Å²) in [6.45, 7) is 0.276. The van der Waals surface area contributed by atoms with E-state index < -0.39 is 0 Å². The minimum absolute atomic E-state index is 0.101. The van der Waals surface area contributed by atoms with Crippen LogP contribution in [0.15, 0.2) is 0 Å². The van der Waals surface area contributed by atoms with Crippen LogP contribution in [0.5, 0.6) is 0 Å². The Kier molecular flexibility index (Phi) is 1.46. The second-order valence-corrected chi connectivity index (χ2v) is 3.75. The first-order chi connectivity index (χ1) is 4.81. The van der Waals surface area contributed by atoms with Crippen LogP contribution in [0.25, 0.3) is 0 Å². The van der Waals surface area contributed by atoms with E-state index in [-0.39, 0.29) is 12.7 Å². The van der Waals surface area contributed by atoms with Gasteiger partial charge in [-0.05, 0) is 37.0 Å². The van der Waals surface area contributed by atoms with Crippen LogP contribution in [-0.4, -0.2) is 22.9 Å². The maximum Gasteiger partial charge on any atom is 0.0574 e. The van der Waals surface area contributed by atoms with Crippen molar-refractivity contribution in [1.82, 2.24) is 0 Å². The van der Waals surface area contributed by atoms with Crippen LogP contribution in [0.1, 0.15) is 19.3 Å². The Labute approximate surface area is 60.9 Å². The van der Waals surface area contributed by atoms with Gasteiger partial charge in [-0.15, -0.1) is 0 Å². The lowest BCUT2D eigenvalue weighted by Crippen LogP contribution is -2.26. The second-order valence-electron chi connectivity index (χ2n) is 3.75. The van der Waals surface area contributed by atoms with E-state index in [2.05, 4.69) is 0 Å². The molecule has 2 N–H and O–H groups in total.